The quantitative estimate of drug-likeness (QED) is 0.384. The van der Waals surface area contributed by atoms with E-state index in [1.807, 2.05) is 11.0 Å². The topological polar surface area (TPSA) is 129 Å². The summed E-state index contributed by atoms with van der Waals surface area (Å²) in [6.45, 7) is 3.55. The Bertz CT molecular complexity index is 510. The number of rotatable bonds is 4. The molecule has 0 saturated carbocycles. The van der Waals surface area contributed by atoms with Crippen molar-refractivity contribution >= 4 is 11.8 Å². The normalized spacial score (nSPS) is 16.1. The SMILES string of the molecule is N#Cc1c(N)n[nH]c1CCCN=C(N)N1CCOCC1. The molecule has 1 fully saturated rings. The van der Waals surface area contributed by atoms with Crippen molar-refractivity contribution < 1.29 is 4.74 Å². The molecule has 1 saturated heterocycles. The molecule has 0 bridgehead atoms. The number of nitrogen functional groups attached to an aromatic ring is 1. The number of aliphatic imine (C=N–C) groups is 1. The van der Waals surface area contributed by atoms with E-state index in [1.54, 1.807) is 0 Å². The fourth-order valence-electron chi connectivity index (χ4n) is 2.04. The van der Waals surface area contributed by atoms with Gasteiger partial charge in [-0.15, -0.1) is 0 Å². The van der Waals surface area contributed by atoms with Gasteiger partial charge < -0.3 is 21.1 Å². The van der Waals surface area contributed by atoms with E-state index < -0.39 is 0 Å². The Morgan fingerprint density at radius 1 is 1.50 bits per heavy atom. The molecule has 1 aliphatic rings. The van der Waals surface area contributed by atoms with Gasteiger partial charge in [0.15, 0.2) is 11.8 Å². The largest absolute Gasteiger partial charge is 0.381 e. The fraction of sp³-hybridized carbons (Fsp3) is 0.583. The van der Waals surface area contributed by atoms with Gasteiger partial charge in [0, 0.05) is 19.6 Å². The van der Waals surface area contributed by atoms with E-state index in [2.05, 4.69) is 15.2 Å². The van der Waals surface area contributed by atoms with Crippen molar-refractivity contribution in [2.45, 2.75) is 12.8 Å². The van der Waals surface area contributed by atoms with E-state index in [9.17, 15) is 0 Å². The van der Waals surface area contributed by atoms with E-state index in [4.69, 9.17) is 21.5 Å². The molecule has 8 nitrogen and oxygen atoms in total. The van der Waals surface area contributed by atoms with Gasteiger partial charge in [-0.05, 0) is 12.8 Å². The highest BCUT2D eigenvalue weighted by atomic mass is 16.5. The number of hydrogen-bond donors (Lipinski definition) is 3. The Labute approximate surface area is 117 Å². The molecule has 0 radical (unpaired) electrons. The summed E-state index contributed by atoms with van der Waals surface area (Å²) >= 11 is 0. The first-order valence-electron chi connectivity index (χ1n) is 6.57. The van der Waals surface area contributed by atoms with Crippen LogP contribution < -0.4 is 11.5 Å². The summed E-state index contributed by atoms with van der Waals surface area (Å²) in [6.07, 6.45) is 1.45. The minimum absolute atomic E-state index is 0.249. The van der Waals surface area contributed by atoms with Crippen LogP contribution in [0.5, 0.6) is 0 Å². The Hall–Kier alpha value is -2.27. The number of hydrogen-bond acceptors (Lipinski definition) is 5. The van der Waals surface area contributed by atoms with Gasteiger partial charge in [0.2, 0.25) is 0 Å². The van der Waals surface area contributed by atoms with Gasteiger partial charge in [0.05, 0.1) is 18.9 Å². The molecule has 0 spiro atoms. The molecule has 0 amide bonds. The lowest BCUT2D eigenvalue weighted by Gasteiger charge is -2.27. The highest BCUT2D eigenvalue weighted by Crippen LogP contribution is 2.13. The molecular weight excluding hydrogens is 258 g/mol. The van der Waals surface area contributed by atoms with E-state index in [0.717, 1.165) is 25.2 Å². The molecule has 0 atom stereocenters. The Kier molecular flexibility index (Phi) is 4.79. The summed E-state index contributed by atoms with van der Waals surface area (Å²) in [5.74, 6) is 0.803. The number of guanidine groups is 1. The van der Waals surface area contributed by atoms with Crippen molar-refractivity contribution in [1.29, 1.82) is 5.26 Å². The average molecular weight is 277 g/mol. The summed E-state index contributed by atoms with van der Waals surface area (Å²) in [5, 5.41) is 15.5. The van der Waals surface area contributed by atoms with Crippen molar-refractivity contribution in [1.82, 2.24) is 15.1 Å². The summed E-state index contributed by atoms with van der Waals surface area (Å²) in [7, 11) is 0. The average Bonchev–Trinajstić information content (AvgIpc) is 2.84. The number of morpholine rings is 1. The zero-order valence-electron chi connectivity index (χ0n) is 11.3. The molecule has 2 heterocycles. The van der Waals surface area contributed by atoms with Gasteiger partial charge in [-0.1, -0.05) is 0 Å². The maximum Gasteiger partial charge on any atom is 0.191 e. The second kappa shape index (κ2) is 6.77. The summed E-state index contributed by atoms with van der Waals surface area (Å²) in [5.41, 5.74) is 12.7. The van der Waals surface area contributed by atoms with Crippen molar-refractivity contribution in [2.24, 2.45) is 10.7 Å². The molecule has 1 aliphatic heterocycles. The molecule has 8 heteroatoms. The number of nitriles is 1. The van der Waals surface area contributed by atoms with Crippen molar-refractivity contribution in [3.63, 3.8) is 0 Å². The van der Waals surface area contributed by atoms with Crippen LogP contribution in [0.2, 0.25) is 0 Å². The van der Waals surface area contributed by atoms with Crippen LogP contribution >= 0.6 is 0 Å². The molecule has 0 unspecified atom stereocenters. The molecule has 108 valence electrons. The van der Waals surface area contributed by atoms with Crippen LogP contribution in [0, 0.1) is 11.3 Å². The van der Waals surface area contributed by atoms with E-state index >= 15 is 0 Å². The molecule has 1 aromatic rings. The van der Waals surface area contributed by atoms with Gasteiger partial charge in [-0.2, -0.15) is 10.4 Å². The lowest BCUT2D eigenvalue weighted by Crippen LogP contribution is -2.44. The van der Waals surface area contributed by atoms with E-state index in [-0.39, 0.29) is 5.82 Å². The highest BCUT2D eigenvalue weighted by molar-refractivity contribution is 5.78. The second-order valence-corrected chi connectivity index (χ2v) is 4.52. The number of ether oxygens (including phenoxy) is 1. The molecule has 20 heavy (non-hydrogen) atoms. The van der Waals surface area contributed by atoms with Crippen molar-refractivity contribution in [3.8, 4) is 6.07 Å². The van der Waals surface area contributed by atoms with Gasteiger partial charge in [0.25, 0.3) is 0 Å². The molecular formula is C12H19N7O. The monoisotopic (exact) mass is 277 g/mol. The smallest absolute Gasteiger partial charge is 0.191 e. The van der Waals surface area contributed by atoms with Crippen LogP contribution in [0.1, 0.15) is 17.7 Å². The first-order chi connectivity index (χ1) is 9.72. The van der Waals surface area contributed by atoms with E-state index in [0.29, 0.717) is 37.7 Å². The summed E-state index contributed by atoms with van der Waals surface area (Å²) < 4.78 is 5.26. The van der Waals surface area contributed by atoms with Crippen LogP contribution in [-0.4, -0.2) is 53.9 Å². The van der Waals surface area contributed by atoms with Gasteiger partial charge in [0.1, 0.15) is 11.6 Å². The van der Waals surface area contributed by atoms with Gasteiger partial charge in [-0.3, -0.25) is 10.1 Å². The molecule has 0 aliphatic carbocycles. The van der Waals surface area contributed by atoms with Crippen LogP contribution in [0.25, 0.3) is 0 Å². The first kappa shape index (κ1) is 14.1. The van der Waals surface area contributed by atoms with Crippen molar-refractivity contribution in [3.05, 3.63) is 11.3 Å². The predicted octanol–water partition coefficient (Wildman–Crippen LogP) is -0.557. The second-order valence-electron chi connectivity index (χ2n) is 4.52. The lowest BCUT2D eigenvalue weighted by atomic mass is 10.1. The number of H-pyrrole nitrogens is 1. The fourth-order valence-corrected chi connectivity index (χ4v) is 2.04. The maximum atomic E-state index is 8.95. The number of anilines is 1. The van der Waals surface area contributed by atoms with Gasteiger partial charge >= 0.3 is 0 Å². The van der Waals surface area contributed by atoms with Crippen LogP contribution in [-0.2, 0) is 11.2 Å². The van der Waals surface area contributed by atoms with Gasteiger partial charge in [-0.25, -0.2) is 0 Å². The molecule has 0 aromatic carbocycles. The third kappa shape index (κ3) is 3.39. The number of aromatic nitrogens is 2. The molecule has 2 rings (SSSR count). The number of nitrogens with zero attached hydrogens (tertiary/aromatic N) is 4. The minimum Gasteiger partial charge on any atom is -0.381 e. The Morgan fingerprint density at radius 3 is 2.95 bits per heavy atom. The predicted molar refractivity (Wildman–Crippen MR) is 74.9 cm³/mol. The lowest BCUT2D eigenvalue weighted by molar-refractivity contribution is 0.0674. The Morgan fingerprint density at radius 2 is 2.25 bits per heavy atom. The summed E-state index contributed by atoms with van der Waals surface area (Å²) in [6, 6.07) is 2.04. The molecule has 5 N–H and O–H groups in total. The zero-order chi connectivity index (χ0) is 14.4. The third-order valence-electron chi connectivity index (χ3n) is 3.17. The number of aryl methyl sites for hydroxylation is 1. The zero-order valence-corrected chi connectivity index (χ0v) is 11.3. The standard InChI is InChI=1S/C12H19N7O/c13-8-9-10(17-18-11(9)14)2-1-3-16-12(15)19-4-6-20-7-5-19/h1-7H2,(H2,15,16)(H3,14,17,18). The summed E-state index contributed by atoms with van der Waals surface area (Å²) in [4.78, 5) is 6.35. The molecule has 1 aromatic heterocycles. The highest BCUT2D eigenvalue weighted by Gasteiger charge is 2.12. The maximum absolute atomic E-state index is 8.95. The van der Waals surface area contributed by atoms with Crippen LogP contribution in [0.3, 0.4) is 0 Å². The van der Waals surface area contributed by atoms with E-state index in [1.165, 1.54) is 0 Å². The minimum atomic E-state index is 0.249. The number of nitrogens with two attached hydrogens (primary N) is 2. The third-order valence-corrected chi connectivity index (χ3v) is 3.17. The number of aromatic amines is 1. The Balaban J connectivity index is 1.79. The van der Waals surface area contributed by atoms with Crippen LogP contribution in [0.4, 0.5) is 5.82 Å². The first-order valence-corrected chi connectivity index (χ1v) is 6.57. The number of nitrogens with one attached hydrogen (secondary N) is 1. The van der Waals surface area contributed by atoms with Crippen molar-refractivity contribution in [2.75, 3.05) is 38.6 Å². The van der Waals surface area contributed by atoms with Crippen LogP contribution in [0.15, 0.2) is 4.99 Å².